The first kappa shape index (κ1) is 34.7. The van der Waals surface area contributed by atoms with Gasteiger partial charge in [0.1, 0.15) is 33.8 Å². The summed E-state index contributed by atoms with van der Waals surface area (Å²) in [5.74, 6) is -3.94. The monoisotopic (exact) mass is 721 g/mol. The van der Waals surface area contributed by atoms with Crippen LogP contribution in [-0.2, 0) is 10.0 Å². The maximum absolute atomic E-state index is 16.2. The molecule has 1 saturated carbocycles. The number of pyridine rings is 1. The zero-order valence-electron chi connectivity index (χ0n) is 25.8. The minimum atomic E-state index is -5.17. The number of aliphatic hydroxyl groups excluding tert-OH is 1. The van der Waals surface area contributed by atoms with Crippen molar-refractivity contribution < 1.29 is 54.1 Å². The summed E-state index contributed by atoms with van der Waals surface area (Å²) >= 11 is 0. The van der Waals surface area contributed by atoms with E-state index in [9.17, 15) is 35.5 Å². The second-order valence-electron chi connectivity index (χ2n) is 11.1. The van der Waals surface area contributed by atoms with Crippen LogP contribution < -0.4 is 24.2 Å². The Kier molecular flexibility index (Phi) is 9.19. The summed E-state index contributed by atoms with van der Waals surface area (Å²) in [6.45, 7) is 0. The number of nitrogens with zero attached hydrogens (tertiary/aromatic N) is 3. The molecule has 50 heavy (non-hydrogen) atoms. The van der Waals surface area contributed by atoms with Gasteiger partial charge in [-0.1, -0.05) is 0 Å². The number of nitrogens with one attached hydrogen (secondary N) is 2. The molecule has 262 valence electrons. The van der Waals surface area contributed by atoms with Crippen molar-refractivity contribution in [3.8, 4) is 34.5 Å². The maximum atomic E-state index is 16.2. The molecule has 18 heteroatoms. The second-order valence-corrected chi connectivity index (χ2v) is 12.8. The summed E-state index contributed by atoms with van der Waals surface area (Å²) in [7, 11) is -1.74. The molecule has 1 atom stereocenters. The van der Waals surface area contributed by atoms with Gasteiger partial charge in [-0.05, 0) is 48.2 Å². The van der Waals surface area contributed by atoms with Crippen molar-refractivity contribution in [1.29, 1.82) is 0 Å². The molecule has 6 rings (SSSR count). The van der Waals surface area contributed by atoms with E-state index in [1.54, 1.807) is 0 Å². The first-order valence-electron chi connectivity index (χ1n) is 14.6. The van der Waals surface area contributed by atoms with Gasteiger partial charge in [0.2, 0.25) is 15.9 Å². The van der Waals surface area contributed by atoms with Crippen LogP contribution in [-0.4, -0.2) is 54.9 Å². The first-order chi connectivity index (χ1) is 23.6. The SMILES string of the molecule is COc1ncc(-c2cc(F)c3c(Nc4cc(Oc5cc(F)cc(F)c5)cc(C(O)C(F)(F)F)c4)c(S(=O)(=O)NC4CC4)cnc3c2)c(OC)n1. The van der Waals surface area contributed by atoms with Crippen molar-refractivity contribution in [2.45, 2.75) is 36.1 Å². The van der Waals surface area contributed by atoms with Crippen LogP contribution in [0.15, 0.2) is 65.8 Å². The molecular weight excluding hydrogens is 696 g/mol. The van der Waals surface area contributed by atoms with Gasteiger partial charge >= 0.3 is 12.2 Å². The topological polar surface area (TPSA) is 145 Å². The van der Waals surface area contributed by atoms with Gasteiger partial charge in [0.05, 0.1) is 36.4 Å². The van der Waals surface area contributed by atoms with Crippen molar-refractivity contribution in [2.24, 2.45) is 0 Å². The molecule has 2 heterocycles. The highest BCUT2D eigenvalue weighted by Crippen LogP contribution is 2.41. The Morgan fingerprint density at radius 2 is 1.60 bits per heavy atom. The Hall–Kier alpha value is -5.20. The van der Waals surface area contributed by atoms with E-state index in [4.69, 9.17) is 14.2 Å². The van der Waals surface area contributed by atoms with Crippen LogP contribution in [0.4, 0.5) is 37.7 Å². The third kappa shape index (κ3) is 7.36. The van der Waals surface area contributed by atoms with Crippen molar-refractivity contribution in [3.05, 3.63) is 83.9 Å². The smallest absolute Gasteiger partial charge is 0.418 e. The molecule has 0 radical (unpaired) electrons. The molecule has 0 saturated heterocycles. The Balaban J connectivity index is 1.53. The molecule has 0 aliphatic heterocycles. The van der Waals surface area contributed by atoms with E-state index in [-0.39, 0.29) is 39.6 Å². The van der Waals surface area contributed by atoms with Gasteiger partial charge < -0.3 is 24.6 Å². The number of alkyl halides is 3. The first-order valence-corrected chi connectivity index (χ1v) is 16.0. The van der Waals surface area contributed by atoms with E-state index in [0.717, 1.165) is 42.6 Å². The van der Waals surface area contributed by atoms with Crippen LogP contribution in [0, 0.1) is 17.5 Å². The number of rotatable bonds is 11. The highest BCUT2D eigenvalue weighted by Gasteiger charge is 2.40. The lowest BCUT2D eigenvalue weighted by Crippen LogP contribution is -2.26. The van der Waals surface area contributed by atoms with Gasteiger partial charge in [-0.2, -0.15) is 18.2 Å². The Labute approximate surface area is 279 Å². The summed E-state index contributed by atoms with van der Waals surface area (Å²) < 4.78 is 130. The Morgan fingerprint density at radius 3 is 2.24 bits per heavy atom. The normalized spacial score (nSPS) is 14.0. The van der Waals surface area contributed by atoms with Crippen LogP contribution in [0.1, 0.15) is 24.5 Å². The van der Waals surface area contributed by atoms with E-state index in [1.165, 1.54) is 26.5 Å². The average Bonchev–Trinajstić information content (AvgIpc) is 3.86. The lowest BCUT2D eigenvalue weighted by molar-refractivity contribution is -0.206. The maximum Gasteiger partial charge on any atom is 0.418 e. The lowest BCUT2D eigenvalue weighted by Gasteiger charge is -2.20. The average molecular weight is 722 g/mol. The van der Waals surface area contributed by atoms with E-state index in [0.29, 0.717) is 18.9 Å². The molecule has 11 nitrogen and oxygen atoms in total. The lowest BCUT2D eigenvalue weighted by atomic mass is 10.0. The van der Waals surface area contributed by atoms with Gasteiger partial charge in [-0.15, -0.1) is 0 Å². The number of sulfonamides is 1. The van der Waals surface area contributed by atoms with Crippen LogP contribution >= 0.6 is 0 Å². The molecule has 5 aromatic rings. The largest absolute Gasteiger partial charge is 0.480 e. The van der Waals surface area contributed by atoms with Gasteiger partial charge in [0.25, 0.3) is 0 Å². The summed E-state index contributed by atoms with van der Waals surface area (Å²) in [6.07, 6.45) is -4.88. The fourth-order valence-electron chi connectivity index (χ4n) is 5.00. The molecule has 3 N–H and O–H groups in total. The summed E-state index contributed by atoms with van der Waals surface area (Å²) in [5.41, 5.74) is -1.23. The number of fused-ring (bicyclic) bond motifs is 1. The van der Waals surface area contributed by atoms with Crippen molar-refractivity contribution >= 4 is 32.3 Å². The second kappa shape index (κ2) is 13.3. The zero-order chi connectivity index (χ0) is 36.0. The molecule has 0 bridgehead atoms. The fraction of sp³-hybridized carbons (Fsp3) is 0.219. The fourth-order valence-corrected chi connectivity index (χ4v) is 6.41. The minimum Gasteiger partial charge on any atom is -0.480 e. The van der Waals surface area contributed by atoms with Gasteiger partial charge in [-0.3, -0.25) is 4.98 Å². The number of anilines is 2. The highest BCUT2D eigenvalue weighted by molar-refractivity contribution is 7.89. The molecule has 1 fully saturated rings. The molecule has 0 amide bonds. The van der Waals surface area contributed by atoms with Gasteiger partial charge in [0.15, 0.2) is 6.10 Å². The number of benzene rings is 3. The third-order valence-electron chi connectivity index (χ3n) is 7.39. The Bertz CT molecular complexity index is 2200. The van der Waals surface area contributed by atoms with Crippen LogP contribution in [0.25, 0.3) is 22.0 Å². The van der Waals surface area contributed by atoms with Crippen LogP contribution in [0.5, 0.6) is 23.4 Å². The van der Waals surface area contributed by atoms with Gasteiger partial charge in [0, 0.05) is 48.4 Å². The number of aromatic nitrogens is 3. The predicted molar refractivity (Wildman–Crippen MR) is 166 cm³/mol. The number of hydrogen-bond donors (Lipinski definition) is 3. The molecule has 3 aromatic carbocycles. The molecular formula is C32H25F6N5O6S. The third-order valence-corrected chi connectivity index (χ3v) is 8.92. The molecule has 1 aliphatic carbocycles. The number of halogens is 6. The molecule has 2 aromatic heterocycles. The molecule has 1 aliphatic rings. The van der Waals surface area contributed by atoms with Crippen molar-refractivity contribution in [2.75, 3.05) is 19.5 Å². The van der Waals surface area contributed by atoms with E-state index in [1.807, 2.05) is 0 Å². The van der Waals surface area contributed by atoms with Crippen LogP contribution in [0.2, 0.25) is 0 Å². The van der Waals surface area contributed by atoms with E-state index in [2.05, 4.69) is 25.0 Å². The van der Waals surface area contributed by atoms with Crippen molar-refractivity contribution in [1.82, 2.24) is 19.7 Å². The molecule has 1 unspecified atom stereocenters. The standard InChI is InChI=1S/C32H25F6N5O6S/c1-47-30-23(13-40-31(42-30)48-2)15-7-24(35)27-25(8-15)39-14-26(50(45,46)43-19-3-4-19)28(27)41-20-5-16(29(44)32(36,37)38)6-21(12-20)49-22-10-17(33)9-18(34)11-22/h5-14,19,29,43-44H,3-4H2,1-2H3,(H,39,41). The number of aliphatic hydroxyl groups is 1. The number of ether oxygens (including phenoxy) is 3. The summed E-state index contributed by atoms with van der Waals surface area (Å²) in [4.78, 5) is 11.7. The Morgan fingerprint density at radius 1 is 0.900 bits per heavy atom. The van der Waals surface area contributed by atoms with E-state index >= 15 is 4.39 Å². The summed E-state index contributed by atoms with van der Waals surface area (Å²) in [5, 5.41) is 12.4. The number of hydrogen-bond acceptors (Lipinski definition) is 10. The zero-order valence-corrected chi connectivity index (χ0v) is 26.7. The molecule has 0 spiro atoms. The van der Waals surface area contributed by atoms with Crippen LogP contribution in [0.3, 0.4) is 0 Å². The quantitative estimate of drug-likeness (QED) is 0.126. The highest BCUT2D eigenvalue weighted by atomic mass is 32.2. The van der Waals surface area contributed by atoms with E-state index < -0.39 is 73.4 Å². The van der Waals surface area contributed by atoms with Crippen molar-refractivity contribution in [3.63, 3.8) is 0 Å². The van der Waals surface area contributed by atoms with Gasteiger partial charge in [-0.25, -0.2) is 31.3 Å². The number of methoxy groups -OCH3 is 2. The summed E-state index contributed by atoms with van der Waals surface area (Å²) in [6, 6.07) is 6.76. The predicted octanol–water partition coefficient (Wildman–Crippen LogP) is 6.70. The minimum absolute atomic E-state index is 0.0209.